The quantitative estimate of drug-likeness (QED) is 0.503. The summed E-state index contributed by atoms with van der Waals surface area (Å²) in [6.45, 7) is 6.91. The van der Waals surface area contributed by atoms with Crippen molar-refractivity contribution in [2.75, 3.05) is 0 Å². The average Bonchev–Trinajstić information content (AvgIpc) is 2.73. The Morgan fingerprint density at radius 3 is 2.20 bits per heavy atom. The highest BCUT2D eigenvalue weighted by Gasteiger charge is 2.28. The molecule has 0 bridgehead atoms. The predicted octanol–water partition coefficient (Wildman–Crippen LogP) is -0.165. The van der Waals surface area contributed by atoms with Crippen LogP contribution in [0.1, 0.15) is 56.2 Å². The summed E-state index contributed by atoms with van der Waals surface area (Å²) in [6.07, 6.45) is 6.57. The number of hydrogen-bond donors (Lipinski definition) is 0. The highest BCUT2D eigenvalue weighted by molar-refractivity contribution is 7.09. The molecule has 0 N–H and O–H groups in total. The molecule has 138 valence electrons. The molecule has 0 saturated heterocycles. The molecule has 0 spiro atoms. The monoisotopic (exact) mass is 385 g/mol. The number of rotatable bonds is 1. The van der Waals surface area contributed by atoms with E-state index in [-0.39, 0.29) is 5.41 Å². The van der Waals surface area contributed by atoms with Gasteiger partial charge in [0.2, 0.25) is 16.9 Å². The molecule has 1 aromatic carbocycles. The van der Waals surface area contributed by atoms with E-state index in [0.29, 0.717) is 0 Å². The van der Waals surface area contributed by atoms with Gasteiger partial charge < -0.3 is 0 Å². The molecule has 1 aliphatic rings. The zero-order chi connectivity index (χ0) is 18.7. The third kappa shape index (κ3) is 6.02. The smallest absolute Gasteiger partial charge is 0.222 e. The van der Waals surface area contributed by atoms with Gasteiger partial charge in [0.05, 0.1) is 4.88 Å². The van der Waals surface area contributed by atoms with Crippen LogP contribution in [-0.4, -0.2) is 0 Å². The summed E-state index contributed by atoms with van der Waals surface area (Å²) in [7, 11) is -4.94. The van der Waals surface area contributed by atoms with Crippen LogP contribution in [0, 0.1) is 10.2 Å². The van der Waals surface area contributed by atoms with E-state index in [1.54, 1.807) is 10.6 Å². The number of aryl methyl sites for hydroxylation is 1. The van der Waals surface area contributed by atoms with Crippen molar-refractivity contribution < 1.29 is 33.4 Å². The Morgan fingerprint density at radius 2 is 1.56 bits per heavy atom. The first kappa shape index (κ1) is 20.3. The number of fused-ring (bicyclic) bond motifs is 1. The molecule has 0 saturated carbocycles. The Bertz CT molecular complexity index is 698. The number of benzene rings is 1. The number of hydrogen-bond acceptors (Lipinski definition) is 5. The molecular weight excluding hydrogens is 362 g/mol. The maximum Gasteiger partial charge on any atom is 0.231 e. The molecule has 1 aliphatic carbocycles. The minimum Gasteiger partial charge on any atom is -0.222 e. The lowest BCUT2D eigenvalue weighted by molar-refractivity contribution is -2.00. The van der Waals surface area contributed by atoms with Gasteiger partial charge in [0, 0.05) is 18.1 Å². The van der Waals surface area contributed by atoms with Crippen molar-refractivity contribution in [3.05, 3.63) is 45.9 Å². The molecule has 1 heterocycles. The number of thiazole rings is 1. The number of nitrogens with zero attached hydrogens (tertiary/aromatic N) is 1. The molecule has 5 nitrogen and oxygen atoms in total. The summed E-state index contributed by atoms with van der Waals surface area (Å²) in [4.78, 5) is 1.60. The first-order valence-corrected chi connectivity index (χ1v) is 10.4. The lowest BCUT2D eigenvalue weighted by atomic mass is 9.85. The van der Waals surface area contributed by atoms with E-state index in [1.807, 2.05) is 11.3 Å². The van der Waals surface area contributed by atoms with Gasteiger partial charge in [-0.3, -0.25) is 0 Å². The minimum absolute atomic E-state index is 0.184. The number of para-hydroxylation sites is 1. The van der Waals surface area contributed by atoms with Gasteiger partial charge in [-0.05, 0) is 24.7 Å². The van der Waals surface area contributed by atoms with Crippen LogP contribution in [0.2, 0.25) is 0 Å². The van der Waals surface area contributed by atoms with Crippen LogP contribution in [0.25, 0.3) is 5.69 Å². The second-order valence-electron chi connectivity index (χ2n) is 7.17. The highest BCUT2D eigenvalue weighted by Crippen LogP contribution is 2.28. The van der Waals surface area contributed by atoms with E-state index in [9.17, 15) is 0 Å². The van der Waals surface area contributed by atoms with Gasteiger partial charge in [0.25, 0.3) is 0 Å². The summed E-state index contributed by atoms with van der Waals surface area (Å²) in [6, 6.07) is 8.88. The van der Waals surface area contributed by atoms with Crippen LogP contribution in [0.5, 0.6) is 0 Å². The van der Waals surface area contributed by atoms with Crippen LogP contribution in [0.3, 0.4) is 0 Å². The fourth-order valence-corrected chi connectivity index (χ4v) is 4.19. The van der Waals surface area contributed by atoms with E-state index in [1.165, 1.54) is 43.4 Å². The van der Waals surface area contributed by atoms with Gasteiger partial charge in [0.15, 0.2) is 0 Å². The Morgan fingerprint density at radius 1 is 0.960 bits per heavy atom. The lowest BCUT2D eigenvalue weighted by Gasteiger charge is -2.19. The van der Waals surface area contributed by atoms with Crippen LogP contribution >= 0.6 is 11.3 Å². The second-order valence-corrected chi connectivity index (χ2v) is 8.86. The zero-order valence-electron chi connectivity index (χ0n) is 14.8. The molecular formula is C18H24ClNO4S. The molecule has 0 aliphatic heterocycles. The Kier molecular flexibility index (Phi) is 6.59. The van der Waals surface area contributed by atoms with Crippen molar-refractivity contribution in [2.24, 2.45) is 0 Å². The van der Waals surface area contributed by atoms with Crippen molar-refractivity contribution in [3.63, 3.8) is 0 Å². The topological polar surface area (TPSA) is 96.1 Å². The summed E-state index contributed by atoms with van der Waals surface area (Å²) >= 11 is 1.94. The number of aromatic nitrogens is 1. The average molecular weight is 386 g/mol. The lowest BCUT2D eigenvalue weighted by Crippen LogP contribution is -2.68. The maximum atomic E-state index is 8.49. The minimum atomic E-state index is -4.94. The molecule has 2 aromatic rings. The molecule has 7 heteroatoms. The van der Waals surface area contributed by atoms with E-state index < -0.39 is 10.2 Å². The van der Waals surface area contributed by atoms with Crippen molar-refractivity contribution in [1.29, 1.82) is 0 Å². The zero-order valence-corrected chi connectivity index (χ0v) is 16.4. The molecule has 0 atom stereocenters. The molecule has 0 amide bonds. The standard InChI is InChI=1S/C18H24NS.ClHO4/c1-18(2,3)14-9-7-8-10-15(14)19-13-20-17-12-6-4-5-11-16(17)19;2-1(3,4)5/h7-10,13H,4-6,11-12H2,1-3H3;(H,2,3,4,5)/q+1;/p-1. The first-order chi connectivity index (χ1) is 11.6. The van der Waals surface area contributed by atoms with Gasteiger partial charge in [-0.15, -0.1) is 10.2 Å². The fraction of sp³-hybridized carbons (Fsp3) is 0.500. The Balaban J connectivity index is 0.000000399. The molecule has 0 radical (unpaired) electrons. The van der Waals surface area contributed by atoms with Crippen molar-refractivity contribution in [3.8, 4) is 5.69 Å². The Labute approximate surface area is 154 Å². The molecule has 3 rings (SSSR count). The third-order valence-corrected chi connectivity index (χ3v) is 5.24. The third-order valence-electron chi connectivity index (χ3n) is 4.20. The molecule has 0 fully saturated rings. The fourth-order valence-electron chi connectivity index (χ4n) is 3.12. The summed E-state index contributed by atoms with van der Waals surface area (Å²) in [5, 5.41) is 0. The maximum absolute atomic E-state index is 8.49. The van der Waals surface area contributed by atoms with Gasteiger partial charge in [-0.2, -0.15) is 4.57 Å². The summed E-state index contributed by atoms with van der Waals surface area (Å²) < 4.78 is 36.4. The van der Waals surface area contributed by atoms with Gasteiger partial charge in [-0.1, -0.05) is 56.7 Å². The van der Waals surface area contributed by atoms with E-state index in [0.717, 1.165) is 0 Å². The van der Waals surface area contributed by atoms with Crippen molar-refractivity contribution in [2.45, 2.75) is 58.3 Å². The van der Waals surface area contributed by atoms with Crippen molar-refractivity contribution >= 4 is 11.3 Å². The number of halogens is 1. The largest absolute Gasteiger partial charge is 0.231 e. The first-order valence-electron chi connectivity index (χ1n) is 8.30. The Hall–Kier alpha value is -1.02. The van der Waals surface area contributed by atoms with Gasteiger partial charge in [0.1, 0.15) is 0 Å². The summed E-state index contributed by atoms with van der Waals surface area (Å²) in [5.41, 5.74) is 6.88. The highest BCUT2D eigenvalue weighted by atomic mass is 35.7. The predicted molar refractivity (Wildman–Crippen MR) is 85.8 cm³/mol. The van der Waals surface area contributed by atoms with E-state index in [4.69, 9.17) is 18.6 Å². The van der Waals surface area contributed by atoms with Gasteiger partial charge >= 0.3 is 0 Å². The van der Waals surface area contributed by atoms with Crippen LogP contribution in [-0.2, 0) is 18.3 Å². The van der Waals surface area contributed by atoms with Crippen LogP contribution in [0.4, 0.5) is 0 Å². The van der Waals surface area contributed by atoms with E-state index in [2.05, 4.69) is 55.1 Å². The molecule has 25 heavy (non-hydrogen) atoms. The SMILES string of the molecule is CC(C)(C)c1ccccc1-[n+]1csc2c1CCCCC2.[O-][Cl+3]([O-])([O-])[O-]. The molecule has 0 unspecified atom stereocenters. The van der Waals surface area contributed by atoms with Crippen LogP contribution in [0.15, 0.2) is 29.8 Å². The normalized spacial score (nSPS) is 15.0. The van der Waals surface area contributed by atoms with Crippen molar-refractivity contribution in [1.82, 2.24) is 0 Å². The molecule has 1 aromatic heterocycles. The summed E-state index contributed by atoms with van der Waals surface area (Å²) in [5.74, 6) is 0. The second kappa shape index (κ2) is 8.12. The van der Waals surface area contributed by atoms with E-state index >= 15 is 0 Å². The van der Waals surface area contributed by atoms with Gasteiger partial charge in [-0.25, -0.2) is 18.6 Å². The van der Waals surface area contributed by atoms with Crippen LogP contribution < -0.4 is 23.2 Å².